The summed E-state index contributed by atoms with van der Waals surface area (Å²) in [5.74, 6) is 0. The Labute approximate surface area is 211 Å². The average Bonchev–Trinajstić information content (AvgIpc) is 3.23. The van der Waals surface area contributed by atoms with E-state index in [0.29, 0.717) is 29.8 Å². The monoisotopic (exact) mass is 493 g/mol. The van der Waals surface area contributed by atoms with Crippen molar-refractivity contribution in [3.05, 3.63) is 101 Å². The quantitative estimate of drug-likeness (QED) is 0.315. The van der Waals surface area contributed by atoms with Gasteiger partial charge in [0.05, 0.1) is 11.4 Å². The van der Waals surface area contributed by atoms with Crippen LogP contribution < -0.4 is 5.73 Å². The van der Waals surface area contributed by atoms with Gasteiger partial charge in [0.2, 0.25) is 0 Å². The van der Waals surface area contributed by atoms with Crippen LogP contribution in [0.2, 0.25) is 0 Å². The fraction of sp³-hybridized carbons (Fsp3) is 0.300. The van der Waals surface area contributed by atoms with Crippen LogP contribution in [0.4, 0.5) is 13.2 Å². The summed E-state index contributed by atoms with van der Waals surface area (Å²) in [7, 11) is 0. The maximum atomic E-state index is 14.1. The fourth-order valence-corrected chi connectivity index (χ4v) is 4.31. The van der Waals surface area contributed by atoms with Gasteiger partial charge in [-0.2, -0.15) is 18.3 Å². The zero-order chi connectivity index (χ0) is 26.6. The van der Waals surface area contributed by atoms with E-state index in [9.17, 15) is 13.2 Å². The lowest BCUT2D eigenvalue weighted by molar-refractivity contribution is -0.141. The van der Waals surface area contributed by atoms with E-state index in [2.05, 4.69) is 24.8 Å². The molecule has 36 heavy (non-hydrogen) atoms. The maximum Gasteiger partial charge on any atom is 0.435 e. The van der Waals surface area contributed by atoms with Crippen LogP contribution in [0.25, 0.3) is 22.9 Å². The lowest BCUT2D eigenvalue weighted by atomic mass is 9.95. The molecule has 3 nitrogen and oxygen atoms in total. The molecule has 0 saturated carbocycles. The highest BCUT2D eigenvalue weighted by Gasteiger charge is 2.39. The van der Waals surface area contributed by atoms with Gasteiger partial charge in [-0.1, -0.05) is 76.4 Å². The zero-order valence-electron chi connectivity index (χ0n) is 21.3. The molecule has 3 rings (SSSR count). The number of allylic oxidation sites excluding steroid dienone is 1. The van der Waals surface area contributed by atoms with Crippen molar-refractivity contribution in [3.63, 3.8) is 0 Å². The van der Waals surface area contributed by atoms with Crippen molar-refractivity contribution in [2.45, 2.75) is 58.7 Å². The summed E-state index contributed by atoms with van der Waals surface area (Å²) in [4.78, 5) is 0. The van der Waals surface area contributed by atoms with Gasteiger partial charge in [0, 0.05) is 11.6 Å². The van der Waals surface area contributed by atoms with Gasteiger partial charge in [0.15, 0.2) is 5.69 Å². The van der Waals surface area contributed by atoms with E-state index in [4.69, 9.17) is 5.73 Å². The first-order chi connectivity index (χ1) is 17.0. The van der Waals surface area contributed by atoms with E-state index in [1.54, 1.807) is 6.08 Å². The fourth-order valence-electron chi connectivity index (χ4n) is 4.31. The molecule has 0 amide bonds. The minimum atomic E-state index is -4.58. The molecule has 0 fully saturated rings. The van der Waals surface area contributed by atoms with Crippen molar-refractivity contribution >= 4 is 17.2 Å². The van der Waals surface area contributed by atoms with E-state index >= 15 is 0 Å². The molecule has 190 valence electrons. The van der Waals surface area contributed by atoms with E-state index < -0.39 is 11.9 Å². The first-order valence-corrected chi connectivity index (χ1v) is 12.2. The molecular weight excluding hydrogens is 459 g/mol. The third-order valence-corrected chi connectivity index (χ3v) is 6.33. The van der Waals surface area contributed by atoms with Crippen molar-refractivity contribution in [1.82, 2.24) is 9.78 Å². The number of aryl methyl sites for hydroxylation is 1. The number of nitrogens with two attached hydrogens (primary N) is 1. The first-order valence-electron chi connectivity index (χ1n) is 12.2. The molecule has 1 aromatic heterocycles. The highest BCUT2D eigenvalue weighted by atomic mass is 19.4. The summed E-state index contributed by atoms with van der Waals surface area (Å²) in [5, 5.41) is 4.11. The Kier molecular flexibility index (Phi) is 8.41. The number of hydrogen-bond acceptors (Lipinski definition) is 2. The second-order valence-corrected chi connectivity index (χ2v) is 9.08. The summed E-state index contributed by atoms with van der Waals surface area (Å²) in [6.45, 7) is 17.9. The van der Waals surface area contributed by atoms with Crippen LogP contribution >= 0.6 is 0 Å². The Morgan fingerprint density at radius 3 is 2.25 bits per heavy atom. The predicted molar refractivity (Wildman–Crippen MR) is 144 cm³/mol. The number of alkyl halides is 3. The third-order valence-electron chi connectivity index (χ3n) is 6.33. The molecule has 0 aliphatic rings. The van der Waals surface area contributed by atoms with Crippen LogP contribution in [0, 0.1) is 0 Å². The van der Waals surface area contributed by atoms with Gasteiger partial charge in [-0.3, -0.25) is 0 Å². The second-order valence-electron chi connectivity index (χ2n) is 9.08. The zero-order valence-corrected chi connectivity index (χ0v) is 21.3. The normalized spacial score (nSPS) is 12.4. The Hall–Kier alpha value is -3.38. The van der Waals surface area contributed by atoms with Crippen molar-refractivity contribution in [3.8, 4) is 5.69 Å². The Morgan fingerprint density at radius 2 is 1.72 bits per heavy atom. The smallest absolute Gasteiger partial charge is 0.324 e. The molecule has 0 aliphatic heterocycles. The van der Waals surface area contributed by atoms with Gasteiger partial charge in [-0.15, -0.1) is 0 Å². The number of nitrogens with zero attached hydrogens (tertiary/aromatic N) is 2. The van der Waals surface area contributed by atoms with Gasteiger partial charge in [0.25, 0.3) is 0 Å². The second kappa shape index (κ2) is 11.1. The molecule has 1 atom stereocenters. The SMILES string of the molecule is C=Cc1cc(CC)ccc1-n1nc(C(F)(F)F)c(CCC)c1C(=C)Cc1ccc(C(=C)C(C)N)cc1. The maximum absolute atomic E-state index is 14.1. The molecule has 3 aromatic rings. The summed E-state index contributed by atoms with van der Waals surface area (Å²) < 4.78 is 43.7. The molecule has 1 unspecified atom stereocenters. The van der Waals surface area contributed by atoms with Gasteiger partial charge in [-0.05, 0) is 71.7 Å². The molecular formula is C30H34F3N3. The molecule has 2 aromatic carbocycles. The topological polar surface area (TPSA) is 43.8 Å². The van der Waals surface area contributed by atoms with Gasteiger partial charge in [-0.25, -0.2) is 4.68 Å². The Morgan fingerprint density at radius 1 is 1.08 bits per heavy atom. The molecule has 0 bridgehead atoms. The lowest BCUT2D eigenvalue weighted by Gasteiger charge is -2.16. The van der Waals surface area contributed by atoms with E-state index in [0.717, 1.165) is 34.2 Å². The number of halogens is 3. The standard InChI is InChI=1S/C30H34F3N3/c1-7-10-26-28(19(4)17-23-11-14-25(15-12-23)20(5)21(6)34)36(35-29(26)30(31,32)33)27-16-13-22(8-2)18-24(27)9-3/h9,11-16,18,21H,3-5,7-8,10,17,34H2,1-2,6H3. The number of aromatic nitrogens is 2. The predicted octanol–water partition coefficient (Wildman–Crippen LogP) is 7.67. The van der Waals surface area contributed by atoms with Gasteiger partial charge in [0.1, 0.15) is 0 Å². The number of hydrogen-bond donors (Lipinski definition) is 1. The molecule has 0 aliphatic carbocycles. The van der Waals surface area contributed by atoms with Crippen LogP contribution in [0.15, 0.2) is 62.2 Å². The molecule has 0 spiro atoms. The molecule has 0 radical (unpaired) electrons. The average molecular weight is 494 g/mol. The van der Waals surface area contributed by atoms with E-state index in [-0.39, 0.29) is 18.0 Å². The van der Waals surface area contributed by atoms with Crippen LogP contribution in [0.1, 0.15) is 66.4 Å². The largest absolute Gasteiger partial charge is 0.435 e. The summed E-state index contributed by atoms with van der Waals surface area (Å²) >= 11 is 0. The lowest BCUT2D eigenvalue weighted by Crippen LogP contribution is -2.16. The summed E-state index contributed by atoms with van der Waals surface area (Å²) in [5.41, 5.74) is 11.2. The van der Waals surface area contributed by atoms with E-state index in [1.807, 2.05) is 63.2 Å². The van der Waals surface area contributed by atoms with E-state index in [1.165, 1.54) is 4.68 Å². The van der Waals surface area contributed by atoms with Crippen LogP contribution in [-0.2, 0) is 25.4 Å². The third kappa shape index (κ3) is 5.71. The minimum Gasteiger partial charge on any atom is -0.324 e. The van der Waals surface area contributed by atoms with Crippen molar-refractivity contribution < 1.29 is 13.2 Å². The Bertz CT molecular complexity index is 1260. The van der Waals surface area contributed by atoms with Crippen LogP contribution in [0.5, 0.6) is 0 Å². The van der Waals surface area contributed by atoms with Crippen molar-refractivity contribution in [1.29, 1.82) is 0 Å². The molecule has 0 saturated heterocycles. The van der Waals surface area contributed by atoms with Gasteiger partial charge < -0.3 is 5.73 Å². The first kappa shape index (κ1) is 27.2. The van der Waals surface area contributed by atoms with Crippen molar-refractivity contribution in [2.75, 3.05) is 0 Å². The number of benzene rings is 2. The minimum absolute atomic E-state index is 0.171. The highest BCUT2D eigenvalue weighted by molar-refractivity contribution is 5.72. The summed E-state index contributed by atoms with van der Waals surface area (Å²) in [6, 6.07) is 13.2. The van der Waals surface area contributed by atoms with Crippen LogP contribution in [0.3, 0.4) is 0 Å². The molecule has 2 N–H and O–H groups in total. The summed E-state index contributed by atoms with van der Waals surface area (Å²) in [6.07, 6.45) is -0.955. The van der Waals surface area contributed by atoms with Crippen LogP contribution in [-0.4, -0.2) is 15.8 Å². The number of rotatable bonds is 10. The molecule has 1 heterocycles. The Balaban J connectivity index is 2.14. The highest BCUT2D eigenvalue weighted by Crippen LogP contribution is 2.38. The van der Waals surface area contributed by atoms with Crippen molar-refractivity contribution in [2.24, 2.45) is 5.73 Å². The van der Waals surface area contributed by atoms with Gasteiger partial charge >= 0.3 is 6.18 Å². The molecule has 6 heteroatoms.